The molecule has 0 aliphatic heterocycles. The fraction of sp³-hybridized carbons (Fsp3) is 0.571. The number of anilines is 1. The Hall–Kier alpha value is -2.18. The minimum atomic E-state index is -0.555. The summed E-state index contributed by atoms with van der Waals surface area (Å²) in [6, 6.07) is 1.26. The standard InChI is InChI=1S/C14H22N4O3/c1-4-10(5-2)8-17-14(19)12-7-11(18(20)21)9-16-13(12)15-6-3/h7,9-10H,4-6,8H2,1-3H3,(H,15,16)(H,17,19). The lowest BCUT2D eigenvalue weighted by Crippen LogP contribution is -2.29. The summed E-state index contributed by atoms with van der Waals surface area (Å²) in [5.74, 6) is 0.433. The van der Waals surface area contributed by atoms with E-state index >= 15 is 0 Å². The lowest BCUT2D eigenvalue weighted by atomic mass is 10.0. The van der Waals surface area contributed by atoms with Crippen LogP contribution in [0.25, 0.3) is 0 Å². The van der Waals surface area contributed by atoms with E-state index < -0.39 is 4.92 Å². The molecule has 0 radical (unpaired) electrons. The van der Waals surface area contributed by atoms with Gasteiger partial charge in [-0.3, -0.25) is 14.9 Å². The number of aromatic nitrogens is 1. The van der Waals surface area contributed by atoms with Crippen LogP contribution in [-0.2, 0) is 0 Å². The molecule has 7 heteroatoms. The molecule has 2 N–H and O–H groups in total. The fourth-order valence-corrected chi connectivity index (χ4v) is 1.94. The maximum atomic E-state index is 12.2. The number of amides is 1. The van der Waals surface area contributed by atoms with Gasteiger partial charge in [0.25, 0.3) is 11.6 Å². The van der Waals surface area contributed by atoms with E-state index in [1.807, 2.05) is 6.92 Å². The summed E-state index contributed by atoms with van der Waals surface area (Å²) in [4.78, 5) is 26.5. The Labute approximate surface area is 124 Å². The zero-order chi connectivity index (χ0) is 15.8. The number of nitrogens with one attached hydrogen (secondary N) is 2. The number of carbonyl (C=O) groups excluding carboxylic acids is 1. The molecule has 1 rings (SSSR count). The number of nitro groups is 1. The van der Waals surface area contributed by atoms with Gasteiger partial charge in [0.05, 0.1) is 10.5 Å². The number of pyridine rings is 1. The number of nitrogens with zero attached hydrogens (tertiary/aromatic N) is 2. The largest absolute Gasteiger partial charge is 0.370 e. The minimum absolute atomic E-state index is 0.190. The van der Waals surface area contributed by atoms with Crippen LogP contribution < -0.4 is 10.6 Å². The van der Waals surface area contributed by atoms with E-state index in [0.29, 0.717) is 24.8 Å². The second-order valence-electron chi connectivity index (χ2n) is 4.77. The minimum Gasteiger partial charge on any atom is -0.370 e. The normalized spacial score (nSPS) is 10.5. The van der Waals surface area contributed by atoms with E-state index in [4.69, 9.17) is 0 Å². The number of hydrogen-bond donors (Lipinski definition) is 2. The summed E-state index contributed by atoms with van der Waals surface area (Å²) < 4.78 is 0. The number of hydrogen-bond acceptors (Lipinski definition) is 5. The van der Waals surface area contributed by atoms with Crippen molar-refractivity contribution in [3.63, 3.8) is 0 Å². The SMILES string of the molecule is CCNc1ncc([N+](=O)[O-])cc1C(=O)NCC(CC)CC. The van der Waals surface area contributed by atoms with Crippen molar-refractivity contribution in [1.82, 2.24) is 10.3 Å². The average molecular weight is 294 g/mol. The third kappa shape index (κ3) is 4.70. The van der Waals surface area contributed by atoms with Crippen LogP contribution in [0.4, 0.5) is 11.5 Å². The van der Waals surface area contributed by atoms with E-state index in [-0.39, 0.29) is 17.2 Å². The molecular weight excluding hydrogens is 272 g/mol. The molecular formula is C14H22N4O3. The zero-order valence-corrected chi connectivity index (χ0v) is 12.7. The predicted molar refractivity (Wildman–Crippen MR) is 81.5 cm³/mol. The van der Waals surface area contributed by atoms with Gasteiger partial charge in [-0.2, -0.15) is 0 Å². The van der Waals surface area contributed by atoms with Gasteiger partial charge < -0.3 is 10.6 Å². The summed E-state index contributed by atoms with van der Waals surface area (Å²) >= 11 is 0. The Morgan fingerprint density at radius 3 is 2.57 bits per heavy atom. The van der Waals surface area contributed by atoms with E-state index in [1.165, 1.54) is 6.07 Å². The van der Waals surface area contributed by atoms with Gasteiger partial charge in [0.2, 0.25) is 0 Å². The Morgan fingerprint density at radius 1 is 1.38 bits per heavy atom. The maximum absolute atomic E-state index is 12.2. The second kappa shape index (κ2) is 8.18. The summed E-state index contributed by atoms with van der Waals surface area (Å²) in [6.07, 6.45) is 3.10. The van der Waals surface area contributed by atoms with Gasteiger partial charge in [-0.25, -0.2) is 4.98 Å². The number of carbonyl (C=O) groups is 1. The van der Waals surface area contributed by atoms with Crippen molar-refractivity contribution in [3.05, 3.63) is 27.9 Å². The van der Waals surface area contributed by atoms with Crippen molar-refractivity contribution in [3.8, 4) is 0 Å². The van der Waals surface area contributed by atoms with Gasteiger partial charge >= 0.3 is 0 Å². The predicted octanol–water partition coefficient (Wildman–Crippen LogP) is 2.59. The van der Waals surface area contributed by atoms with E-state index in [1.54, 1.807) is 0 Å². The average Bonchev–Trinajstić information content (AvgIpc) is 2.48. The van der Waals surface area contributed by atoms with Crippen molar-refractivity contribution in [2.45, 2.75) is 33.6 Å². The molecule has 0 fully saturated rings. The van der Waals surface area contributed by atoms with Crippen LogP contribution in [0.5, 0.6) is 0 Å². The Bertz CT molecular complexity index is 501. The molecule has 1 aromatic rings. The van der Waals surface area contributed by atoms with Crippen LogP contribution >= 0.6 is 0 Å². The third-order valence-electron chi connectivity index (χ3n) is 3.38. The van der Waals surface area contributed by atoms with Crippen LogP contribution in [0.15, 0.2) is 12.3 Å². The molecule has 1 heterocycles. The first-order valence-electron chi connectivity index (χ1n) is 7.19. The van der Waals surface area contributed by atoms with Crippen molar-refractivity contribution < 1.29 is 9.72 Å². The molecule has 0 aliphatic carbocycles. The Kier molecular flexibility index (Phi) is 6.58. The van der Waals surface area contributed by atoms with Crippen LogP contribution in [0.2, 0.25) is 0 Å². The van der Waals surface area contributed by atoms with Gasteiger partial charge in [0, 0.05) is 19.2 Å². The van der Waals surface area contributed by atoms with Gasteiger partial charge in [0.15, 0.2) is 0 Å². The summed E-state index contributed by atoms with van der Waals surface area (Å²) in [5.41, 5.74) is 0.0151. The smallest absolute Gasteiger partial charge is 0.288 e. The zero-order valence-electron chi connectivity index (χ0n) is 12.7. The Morgan fingerprint density at radius 2 is 2.05 bits per heavy atom. The molecule has 1 amide bonds. The first-order valence-corrected chi connectivity index (χ1v) is 7.19. The summed E-state index contributed by atoms with van der Waals surface area (Å²) in [7, 11) is 0. The van der Waals surface area contributed by atoms with Gasteiger partial charge in [-0.15, -0.1) is 0 Å². The lowest BCUT2D eigenvalue weighted by molar-refractivity contribution is -0.385. The van der Waals surface area contributed by atoms with Crippen LogP contribution in [-0.4, -0.2) is 28.9 Å². The molecule has 116 valence electrons. The highest BCUT2D eigenvalue weighted by Gasteiger charge is 2.18. The van der Waals surface area contributed by atoms with Crippen molar-refractivity contribution in [1.29, 1.82) is 0 Å². The van der Waals surface area contributed by atoms with E-state index in [9.17, 15) is 14.9 Å². The first-order chi connectivity index (χ1) is 10.0. The highest BCUT2D eigenvalue weighted by atomic mass is 16.6. The number of rotatable bonds is 8. The molecule has 0 atom stereocenters. The molecule has 21 heavy (non-hydrogen) atoms. The van der Waals surface area contributed by atoms with E-state index in [0.717, 1.165) is 19.0 Å². The highest BCUT2D eigenvalue weighted by molar-refractivity contribution is 5.99. The first kappa shape index (κ1) is 16.9. The van der Waals surface area contributed by atoms with Gasteiger partial charge in [-0.05, 0) is 12.8 Å². The summed E-state index contributed by atoms with van der Waals surface area (Å²) in [5, 5.41) is 16.6. The molecule has 0 bridgehead atoms. The molecule has 0 spiro atoms. The van der Waals surface area contributed by atoms with Crippen molar-refractivity contribution in [2.24, 2.45) is 5.92 Å². The van der Waals surface area contributed by atoms with Crippen LogP contribution in [0, 0.1) is 16.0 Å². The molecule has 7 nitrogen and oxygen atoms in total. The molecule has 0 aliphatic rings. The third-order valence-corrected chi connectivity index (χ3v) is 3.38. The van der Waals surface area contributed by atoms with Gasteiger partial charge in [0.1, 0.15) is 12.0 Å². The molecule has 0 saturated heterocycles. The molecule has 0 aromatic carbocycles. The lowest BCUT2D eigenvalue weighted by Gasteiger charge is -2.14. The fourth-order valence-electron chi connectivity index (χ4n) is 1.94. The highest BCUT2D eigenvalue weighted by Crippen LogP contribution is 2.19. The second-order valence-corrected chi connectivity index (χ2v) is 4.77. The monoisotopic (exact) mass is 294 g/mol. The van der Waals surface area contributed by atoms with Crippen molar-refractivity contribution in [2.75, 3.05) is 18.4 Å². The molecule has 0 unspecified atom stereocenters. The summed E-state index contributed by atoms with van der Waals surface area (Å²) in [6.45, 7) is 7.14. The maximum Gasteiger partial charge on any atom is 0.288 e. The van der Waals surface area contributed by atoms with Gasteiger partial charge in [-0.1, -0.05) is 26.7 Å². The van der Waals surface area contributed by atoms with E-state index in [2.05, 4.69) is 29.5 Å². The molecule has 0 saturated carbocycles. The van der Waals surface area contributed by atoms with Crippen LogP contribution in [0.3, 0.4) is 0 Å². The quantitative estimate of drug-likeness (QED) is 0.567. The van der Waals surface area contributed by atoms with Crippen molar-refractivity contribution >= 4 is 17.4 Å². The topological polar surface area (TPSA) is 97.2 Å². The molecule has 1 aromatic heterocycles. The van der Waals surface area contributed by atoms with Crippen LogP contribution in [0.1, 0.15) is 44.0 Å². The Balaban J connectivity index is 2.93.